The molecule has 0 spiro atoms. The van der Waals surface area contributed by atoms with Gasteiger partial charge in [-0.05, 0) is 49.4 Å². The van der Waals surface area contributed by atoms with Crippen LogP contribution in [-0.4, -0.2) is 15.7 Å². The molecule has 0 aliphatic heterocycles. The maximum atomic E-state index is 13.7. The third kappa shape index (κ3) is 2.70. The van der Waals surface area contributed by atoms with E-state index in [0.29, 0.717) is 29.6 Å². The second-order valence-electron chi connectivity index (χ2n) is 9.48. The van der Waals surface area contributed by atoms with Gasteiger partial charge in [0.2, 0.25) is 0 Å². The lowest BCUT2D eigenvalue weighted by Crippen LogP contribution is -2.27. The van der Waals surface area contributed by atoms with Crippen molar-refractivity contribution in [3.05, 3.63) is 53.7 Å². The number of hydrogen-bond donors (Lipinski definition) is 0. The monoisotopic (exact) mass is 374 g/mol. The molecule has 2 aromatic rings. The van der Waals surface area contributed by atoms with E-state index in [4.69, 9.17) is 5.10 Å². The number of carbonyl (C=O) groups excluding carboxylic acids is 1. The minimum atomic E-state index is 0.0895. The van der Waals surface area contributed by atoms with Crippen LogP contribution in [0.25, 0.3) is 11.3 Å². The zero-order chi connectivity index (χ0) is 19.4. The van der Waals surface area contributed by atoms with E-state index in [1.807, 2.05) is 10.7 Å². The number of hydrogen-bond acceptors (Lipinski definition) is 2. The van der Waals surface area contributed by atoms with Gasteiger partial charge in [-0.15, -0.1) is 0 Å². The standard InChI is InChI=1S/C25H30N2O/c1-15(2)20-12-9-16(3)22-23(20)26-27(24(22)18-7-5-4-6-8-18)25(28)21-14-17-10-11-19(21)13-17/h4-8,10-11,15-17,19-21H,9,12-14H2,1-3H3/t16-,17-,19-,20+,21+/m0/s1. The Bertz CT molecular complexity index is 924. The highest BCUT2D eigenvalue weighted by Gasteiger charge is 2.43. The van der Waals surface area contributed by atoms with Crippen molar-refractivity contribution >= 4 is 5.91 Å². The van der Waals surface area contributed by atoms with Crippen LogP contribution in [0.15, 0.2) is 42.5 Å². The molecule has 3 aliphatic rings. The molecular weight excluding hydrogens is 344 g/mol. The molecule has 5 rings (SSSR count). The molecule has 0 saturated heterocycles. The fourth-order valence-electron chi connectivity index (χ4n) is 5.82. The lowest BCUT2D eigenvalue weighted by molar-refractivity contribution is 0.0798. The Balaban J connectivity index is 1.67. The van der Waals surface area contributed by atoms with E-state index in [1.54, 1.807) is 0 Å². The van der Waals surface area contributed by atoms with E-state index in [9.17, 15) is 4.79 Å². The Labute approximate surface area is 167 Å². The molecular formula is C25H30N2O. The highest BCUT2D eigenvalue weighted by molar-refractivity contribution is 5.87. The molecule has 1 heterocycles. The molecule has 3 nitrogen and oxygen atoms in total. The molecule has 2 bridgehead atoms. The van der Waals surface area contributed by atoms with Crippen molar-refractivity contribution in [1.82, 2.24) is 9.78 Å². The van der Waals surface area contributed by atoms with Crippen LogP contribution in [0.5, 0.6) is 0 Å². The Morgan fingerprint density at radius 2 is 1.89 bits per heavy atom. The summed E-state index contributed by atoms with van der Waals surface area (Å²) in [6, 6.07) is 10.4. The van der Waals surface area contributed by atoms with E-state index in [1.165, 1.54) is 24.1 Å². The molecule has 28 heavy (non-hydrogen) atoms. The fourth-order valence-corrected chi connectivity index (χ4v) is 5.82. The molecule has 0 radical (unpaired) electrons. The first-order valence-corrected chi connectivity index (χ1v) is 10.9. The van der Waals surface area contributed by atoms with E-state index in [2.05, 4.69) is 57.2 Å². The summed E-state index contributed by atoms with van der Waals surface area (Å²) in [7, 11) is 0. The summed E-state index contributed by atoms with van der Waals surface area (Å²) in [5.74, 6) is 2.72. The van der Waals surface area contributed by atoms with Crippen molar-refractivity contribution in [3.8, 4) is 11.3 Å². The molecule has 1 fully saturated rings. The summed E-state index contributed by atoms with van der Waals surface area (Å²) in [5, 5.41) is 5.05. The summed E-state index contributed by atoms with van der Waals surface area (Å²) >= 11 is 0. The molecule has 146 valence electrons. The molecule has 3 aliphatic carbocycles. The van der Waals surface area contributed by atoms with Crippen molar-refractivity contribution < 1.29 is 4.79 Å². The van der Waals surface area contributed by atoms with Gasteiger partial charge in [-0.2, -0.15) is 9.78 Å². The van der Waals surface area contributed by atoms with Gasteiger partial charge in [0.25, 0.3) is 5.91 Å². The number of aromatic nitrogens is 2. The zero-order valence-corrected chi connectivity index (χ0v) is 17.1. The first-order valence-electron chi connectivity index (χ1n) is 10.9. The average Bonchev–Trinajstić information content (AvgIpc) is 3.42. The molecule has 0 N–H and O–H groups in total. The maximum absolute atomic E-state index is 13.7. The van der Waals surface area contributed by atoms with Crippen LogP contribution in [0.1, 0.15) is 74.3 Å². The summed E-state index contributed by atoms with van der Waals surface area (Å²) in [6.45, 7) is 6.88. The van der Waals surface area contributed by atoms with Gasteiger partial charge >= 0.3 is 0 Å². The summed E-state index contributed by atoms with van der Waals surface area (Å²) in [5.41, 5.74) is 4.69. The van der Waals surface area contributed by atoms with Gasteiger partial charge in [0.15, 0.2) is 0 Å². The van der Waals surface area contributed by atoms with Crippen LogP contribution in [0.3, 0.4) is 0 Å². The largest absolute Gasteiger partial charge is 0.272 e. The van der Waals surface area contributed by atoms with Crippen molar-refractivity contribution in [2.24, 2.45) is 23.7 Å². The Morgan fingerprint density at radius 3 is 2.54 bits per heavy atom. The summed E-state index contributed by atoms with van der Waals surface area (Å²) in [4.78, 5) is 13.7. The van der Waals surface area contributed by atoms with Crippen LogP contribution in [0.2, 0.25) is 0 Å². The third-order valence-corrected chi connectivity index (χ3v) is 7.36. The predicted molar refractivity (Wildman–Crippen MR) is 112 cm³/mol. The minimum absolute atomic E-state index is 0.0895. The van der Waals surface area contributed by atoms with E-state index in [0.717, 1.165) is 24.1 Å². The highest BCUT2D eigenvalue weighted by Crippen LogP contribution is 2.48. The molecule has 1 saturated carbocycles. The Hall–Kier alpha value is -2.16. The Kier molecular flexibility index (Phi) is 4.30. The van der Waals surface area contributed by atoms with Gasteiger partial charge in [-0.25, -0.2) is 0 Å². The second-order valence-corrected chi connectivity index (χ2v) is 9.48. The normalized spacial score (nSPS) is 30.8. The number of benzene rings is 1. The number of carbonyl (C=O) groups is 1. The number of nitrogens with zero attached hydrogens (tertiary/aromatic N) is 2. The summed E-state index contributed by atoms with van der Waals surface area (Å²) < 4.78 is 1.82. The van der Waals surface area contributed by atoms with Crippen molar-refractivity contribution in [2.75, 3.05) is 0 Å². The molecule has 5 atom stereocenters. The topological polar surface area (TPSA) is 34.9 Å². The van der Waals surface area contributed by atoms with Crippen LogP contribution in [-0.2, 0) is 0 Å². The molecule has 0 amide bonds. The molecule has 3 heteroatoms. The van der Waals surface area contributed by atoms with Crippen LogP contribution in [0, 0.1) is 23.7 Å². The Morgan fingerprint density at radius 1 is 1.11 bits per heavy atom. The van der Waals surface area contributed by atoms with E-state index >= 15 is 0 Å². The number of allylic oxidation sites excluding steroid dienone is 2. The maximum Gasteiger partial charge on any atom is 0.251 e. The summed E-state index contributed by atoms with van der Waals surface area (Å²) in [6.07, 6.45) is 9.04. The molecule has 0 unspecified atom stereocenters. The smallest absolute Gasteiger partial charge is 0.251 e. The third-order valence-electron chi connectivity index (χ3n) is 7.36. The molecule has 1 aromatic carbocycles. The fraction of sp³-hybridized carbons (Fsp3) is 0.520. The van der Waals surface area contributed by atoms with Crippen LogP contribution < -0.4 is 0 Å². The zero-order valence-electron chi connectivity index (χ0n) is 17.1. The van der Waals surface area contributed by atoms with Gasteiger partial charge in [0.05, 0.1) is 11.4 Å². The van der Waals surface area contributed by atoms with E-state index < -0.39 is 0 Å². The lowest BCUT2D eigenvalue weighted by Gasteiger charge is -2.28. The first-order chi connectivity index (χ1) is 13.5. The quantitative estimate of drug-likeness (QED) is 0.614. The van der Waals surface area contributed by atoms with Crippen molar-refractivity contribution in [3.63, 3.8) is 0 Å². The molecule has 1 aromatic heterocycles. The van der Waals surface area contributed by atoms with Crippen LogP contribution in [0.4, 0.5) is 0 Å². The first kappa shape index (κ1) is 17.9. The lowest BCUT2D eigenvalue weighted by atomic mass is 9.75. The van der Waals surface area contributed by atoms with Gasteiger partial charge in [0, 0.05) is 23.0 Å². The van der Waals surface area contributed by atoms with Gasteiger partial charge in [-0.3, -0.25) is 4.79 Å². The minimum Gasteiger partial charge on any atom is -0.272 e. The van der Waals surface area contributed by atoms with Crippen molar-refractivity contribution in [1.29, 1.82) is 0 Å². The van der Waals surface area contributed by atoms with Gasteiger partial charge in [0.1, 0.15) is 0 Å². The van der Waals surface area contributed by atoms with E-state index in [-0.39, 0.29) is 11.8 Å². The number of fused-ring (bicyclic) bond motifs is 3. The second kappa shape index (κ2) is 6.72. The predicted octanol–water partition coefficient (Wildman–Crippen LogP) is 6.04. The SMILES string of the molecule is CC(C)[C@H]1CC[C@H](C)c2c1nn(C(=O)[C@@H]1C[C@H]3C=C[C@H]1C3)c2-c1ccccc1. The van der Waals surface area contributed by atoms with Gasteiger partial charge in [-0.1, -0.05) is 63.3 Å². The average molecular weight is 375 g/mol. The highest BCUT2D eigenvalue weighted by atomic mass is 16.2. The van der Waals surface area contributed by atoms with Crippen molar-refractivity contribution in [2.45, 2.75) is 58.3 Å². The van der Waals surface area contributed by atoms with Crippen LogP contribution >= 0.6 is 0 Å². The van der Waals surface area contributed by atoms with Gasteiger partial charge < -0.3 is 0 Å². The number of rotatable bonds is 3.